The Kier molecular flexibility index (Phi) is 7.53. The maximum Gasteiger partial charge on any atom is 0.235 e. The van der Waals surface area contributed by atoms with Gasteiger partial charge in [-0.1, -0.05) is 37.7 Å². The van der Waals surface area contributed by atoms with Crippen molar-refractivity contribution in [1.29, 1.82) is 0 Å². The molecule has 27 heavy (non-hydrogen) atoms. The number of nitrogens with zero attached hydrogens (tertiary/aromatic N) is 4. The van der Waals surface area contributed by atoms with Crippen molar-refractivity contribution in [2.75, 3.05) is 18.9 Å². The molecule has 7 nitrogen and oxygen atoms in total. The molecule has 2 aromatic rings. The summed E-state index contributed by atoms with van der Waals surface area (Å²) < 4.78 is 7.15. The summed E-state index contributed by atoms with van der Waals surface area (Å²) in [6.45, 7) is 11.7. The number of amides is 1. The first-order chi connectivity index (χ1) is 12.9. The Hall–Kier alpha value is -2.22. The predicted octanol–water partition coefficient (Wildman–Crippen LogP) is 3.04. The molecule has 148 valence electrons. The Bertz CT molecular complexity index is 741. The molecule has 8 heteroatoms. The lowest BCUT2D eigenvalue weighted by Crippen LogP contribution is -2.36. The van der Waals surface area contributed by atoms with E-state index in [2.05, 4.69) is 36.2 Å². The van der Waals surface area contributed by atoms with Crippen molar-refractivity contribution in [1.82, 2.24) is 19.8 Å². The average Bonchev–Trinajstić information content (AvgIpc) is 3.00. The van der Waals surface area contributed by atoms with E-state index in [0.717, 1.165) is 5.75 Å². The second-order valence-corrected chi connectivity index (χ2v) is 7.86. The highest BCUT2D eigenvalue weighted by atomic mass is 32.2. The van der Waals surface area contributed by atoms with Crippen molar-refractivity contribution in [3.8, 4) is 5.75 Å². The number of benzene rings is 1. The molecule has 1 atom stereocenters. The minimum Gasteiger partial charge on any atom is -0.486 e. The van der Waals surface area contributed by atoms with Gasteiger partial charge in [0.15, 0.2) is 5.82 Å². The zero-order valence-electron chi connectivity index (χ0n) is 16.7. The van der Waals surface area contributed by atoms with Crippen molar-refractivity contribution < 1.29 is 9.53 Å². The second kappa shape index (κ2) is 9.64. The van der Waals surface area contributed by atoms with Gasteiger partial charge < -0.3 is 15.5 Å². The van der Waals surface area contributed by atoms with Gasteiger partial charge in [0.1, 0.15) is 12.4 Å². The summed E-state index contributed by atoms with van der Waals surface area (Å²) in [5, 5.41) is 8.40. The van der Waals surface area contributed by atoms with Crippen LogP contribution in [0.2, 0.25) is 0 Å². The van der Waals surface area contributed by atoms with Crippen LogP contribution in [0.25, 0.3) is 0 Å². The number of nitrogens with two attached hydrogens (primary N) is 1. The summed E-state index contributed by atoms with van der Waals surface area (Å²) in [6.07, 6.45) is 0. The summed E-state index contributed by atoms with van der Waals surface area (Å²) in [6, 6.07) is 7.98. The molecule has 1 aromatic carbocycles. The molecule has 0 aliphatic heterocycles. The maximum absolute atomic E-state index is 12.4. The fraction of sp³-hybridized carbons (Fsp3) is 0.526. The normalized spacial score (nSPS) is 12.2. The lowest BCUT2D eigenvalue weighted by Gasteiger charge is -2.22. The van der Waals surface area contributed by atoms with Crippen molar-refractivity contribution >= 4 is 17.7 Å². The van der Waals surface area contributed by atoms with Crippen molar-refractivity contribution in [3.05, 3.63) is 35.7 Å². The number of carbonyl (C=O) groups is 1. The van der Waals surface area contributed by atoms with Gasteiger partial charge in [0.2, 0.25) is 11.1 Å². The lowest BCUT2D eigenvalue weighted by molar-refractivity contribution is -0.129. The van der Waals surface area contributed by atoms with Crippen molar-refractivity contribution in [2.45, 2.75) is 57.5 Å². The molecule has 1 aromatic heterocycles. The Morgan fingerprint density at radius 3 is 2.37 bits per heavy atom. The molecule has 0 aliphatic rings. The number of rotatable bonds is 9. The maximum atomic E-state index is 12.4. The zero-order valence-corrected chi connectivity index (χ0v) is 17.5. The van der Waals surface area contributed by atoms with Gasteiger partial charge in [-0.25, -0.2) is 4.68 Å². The summed E-state index contributed by atoms with van der Waals surface area (Å²) >= 11 is 1.30. The van der Waals surface area contributed by atoms with Crippen LogP contribution >= 0.6 is 11.8 Å². The molecule has 0 radical (unpaired) electrons. The Labute approximate surface area is 165 Å². The first-order valence-corrected chi connectivity index (χ1v) is 10.1. The Morgan fingerprint density at radius 1 is 1.19 bits per heavy atom. The van der Waals surface area contributed by atoms with Crippen molar-refractivity contribution in [2.24, 2.45) is 0 Å². The molecule has 2 N–H and O–H groups in total. The van der Waals surface area contributed by atoms with Crippen LogP contribution in [0.5, 0.6) is 5.75 Å². The number of nitrogen functional groups attached to an aromatic ring is 1. The van der Waals surface area contributed by atoms with E-state index in [4.69, 9.17) is 10.6 Å². The Morgan fingerprint density at radius 2 is 1.81 bits per heavy atom. The monoisotopic (exact) mass is 391 g/mol. The lowest BCUT2D eigenvalue weighted by atomic mass is 10.0. The standard InChI is InChI=1S/C19H29N5O2S/c1-6-23(7-2)18(25)14(5)27-19-22-21-17(24(19)20)12-26-16-10-8-15(9-11-16)13(3)4/h8-11,13-14H,6-7,12,20H2,1-5H3. The summed E-state index contributed by atoms with van der Waals surface area (Å²) in [4.78, 5) is 14.2. The first-order valence-electron chi connectivity index (χ1n) is 9.24. The van der Waals surface area contributed by atoms with Crippen LogP contribution in [0.1, 0.15) is 51.9 Å². The molecular formula is C19H29N5O2S. The topological polar surface area (TPSA) is 86.3 Å². The fourth-order valence-corrected chi connectivity index (χ4v) is 3.46. The van der Waals surface area contributed by atoms with Gasteiger partial charge in [-0.15, -0.1) is 10.2 Å². The van der Waals surface area contributed by atoms with Crippen LogP contribution in [0.3, 0.4) is 0 Å². The smallest absolute Gasteiger partial charge is 0.235 e. The number of hydrogen-bond acceptors (Lipinski definition) is 6. The molecule has 0 fully saturated rings. The summed E-state index contributed by atoms with van der Waals surface area (Å²) in [5.41, 5.74) is 1.26. The molecular weight excluding hydrogens is 362 g/mol. The number of thioether (sulfide) groups is 1. The highest BCUT2D eigenvalue weighted by Gasteiger charge is 2.22. The van der Waals surface area contributed by atoms with E-state index < -0.39 is 0 Å². The van der Waals surface area contributed by atoms with Gasteiger partial charge in [-0.05, 0) is 44.4 Å². The first kappa shape index (κ1) is 21.1. The van der Waals surface area contributed by atoms with Gasteiger partial charge in [0, 0.05) is 13.1 Å². The van der Waals surface area contributed by atoms with E-state index in [-0.39, 0.29) is 17.8 Å². The van der Waals surface area contributed by atoms with Crippen LogP contribution in [-0.4, -0.2) is 44.0 Å². The van der Waals surface area contributed by atoms with Gasteiger partial charge in [0.25, 0.3) is 0 Å². The van der Waals surface area contributed by atoms with Crippen LogP contribution < -0.4 is 10.6 Å². The van der Waals surface area contributed by atoms with Crippen molar-refractivity contribution in [3.63, 3.8) is 0 Å². The minimum atomic E-state index is -0.284. The van der Waals surface area contributed by atoms with Crippen LogP contribution in [0, 0.1) is 0 Å². The van der Waals surface area contributed by atoms with Gasteiger partial charge in [-0.2, -0.15) is 0 Å². The molecule has 1 heterocycles. The zero-order chi connectivity index (χ0) is 20.0. The SMILES string of the molecule is CCN(CC)C(=O)C(C)Sc1nnc(COc2ccc(C(C)C)cc2)n1N. The summed E-state index contributed by atoms with van der Waals surface area (Å²) in [5.74, 6) is 7.89. The average molecular weight is 392 g/mol. The molecule has 1 amide bonds. The second-order valence-electron chi connectivity index (χ2n) is 6.55. The van der Waals surface area contributed by atoms with E-state index in [1.807, 2.05) is 32.9 Å². The molecule has 0 bridgehead atoms. The van der Waals surface area contributed by atoms with Gasteiger partial charge in [0.05, 0.1) is 5.25 Å². The molecule has 0 saturated heterocycles. The number of carbonyl (C=O) groups excluding carboxylic acids is 1. The third-order valence-electron chi connectivity index (χ3n) is 4.35. The predicted molar refractivity (Wildman–Crippen MR) is 108 cm³/mol. The van der Waals surface area contributed by atoms with E-state index >= 15 is 0 Å². The van der Waals surface area contributed by atoms with E-state index in [1.54, 1.807) is 4.90 Å². The van der Waals surface area contributed by atoms with Crippen LogP contribution in [0.15, 0.2) is 29.4 Å². The Balaban J connectivity index is 1.97. The van der Waals surface area contributed by atoms with Gasteiger partial charge >= 0.3 is 0 Å². The number of ether oxygens (including phenoxy) is 1. The molecule has 0 saturated carbocycles. The van der Waals surface area contributed by atoms with Crippen LogP contribution in [0.4, 0.5) is 0 Å². The number of hydrogen-bond donors (Lipinski definition) is 1. The molecule has 0 aliphatic carbocycles. The minimum absolute atomic E-state index is 0.0658. The fourth-order valence-electron chi connectivity index (χ4n) is 2.58. The van der Waals surface area contributed by atoms with Crippen LogP contribution in [-0.2, 0) is 11.4 Å². The molecule has 0 spiro atoms. The van der Waals surface area contributed by atoms with E-state index in [9.17, 15) is 4.79 Å². The third kappa shape index (κ3) is 5.38. The van der Waals surface area contributed by atoms with E-state index in [1.165, 1.54) is 22.0 Å². The summed E-state index contributed by atoms with van der Waals surface area (Å²) in [7, 11) is 0. The number of aromatic nitrogens is 3. The molecule has 2 rings (SSSR count). The third-order valence-corrected chi connectivity index (χ3v) is 5.40. The largest absolute Gasteiger partial charge is 0.486 e. The highest BCUT2D eigenvalue weighted by Crippen LogP contribution is 2.23. The molecule has 1 unspecified atom stereocenters. The quantitative estimate of drug-likeness (QED) is 0.522. The van der Waals surface area contributed by atoms with Gasteiger partial charge in [-0.3, -0.25) is 4.79 Å². The van der Waals surface area contributed by atoms with E-state index in [0.29, 0.717) is 30.0 Å². The highest BCUT2D eigenvalue weighted by molar-refractivity contribution is 8.00.